The predicted molar refractivity (Wildman–Crippen MR) is 341 cm³/mol. The minimum Gasteiger partial charge on any atom is -0.400 e. The highest BCUT2D eigenvalue weighted by Gasteiger charge is 2.50. The van der Waals surface area contributed by atoms with Crippen LogP contribution in [0.4, 0.5) is 0 Å². The lowest BCUT2D eigenvalue weighted by Gasteiger charge is -2.50. The van der Waals surface area contributed by atoms with Crippen molar-refractivity contribution in [3.63, 3.8) is 0 Å². The van der Waals surface area contributed by atoms with Crippen molar-refractivity contribution in [2.75, 3.05) is 26.7 Å². The Labute approximate surface area is 417 Å². The van der Waals surface area contributed by atoms with Crippen LogP contribution in [0.5, 0.6) is 0 Å². The fourth-order valence-electron chi connectivity index (χ4n) is 8.95. The number of hydrogen-bond donors (Lipinski definition) is 1. The lowest BCUT2D eigenvalue weighted by Crippen LogP contribution is -2.57. The summed E-state index contributed by atoms with van der Waals surface area (Å²) < 4.78 is 0. The van der Waals surface area contributed by atoms with Gasteiger partial charge in [0.2, 0.25) is 0 Å². The standard InChI is InChI=1S/C19H31PSi3.C9H27PSi3.C9H14Si.C6H15N.C3H11PSi.2C2H6.CH4O/c1-21(2,3)20(22(4,5)18-14-10-8-11-15-18)23(6,7)19-16-12-9-13-17-19;1-11(2,3)10(12(4,5)6)13(7,8)9;1-10(2,3)9-7-5-4-6-8-9;1-4-7(5-2)6-3;1-5(2,3)4;3*1-2/h8-17H,1-7H3;1-9H3;4-8H,1-3H3;4-6H2,1-3H3;4H2,1-3H3;2*1-2H3;2H,1H3. The van der Waals surface area contributed by atoms with E-state index in [0.29, 0.717) is 6.57 Å². The third-order valence-corrected chi connectivity index (χ3v) is 116. The maximum atomic E-state index is 7.00. The molecule has 1 unspecified atom stereocenters. The molecule has 3 rings (SSSR count). The molecule has 0 bridgehead atoms. The van der Waals surface area contributed by atoms with E-state index in [1.807, 2.05) is 27.7 Å². The molecule has 0 fully saturated rings. The van der Waals surface area contributed by atoms with Crippen LogP contribution < -0.4 is 15.6 Å². The van der Waals surface area contributed by atoms with Crippen LogP contribution in [0.1, 0.15) is 48.5 Å². The third kappa shape index (κ3) is 33.2. The Kier molecular flexibility index (Phi) is 40.0. The van der Waals surface area contributed by atoms with Gasteiger partial charge in [-0.15, -0.1) is 21.9 Å². The van der Waals surface area contributed by atoms with Crippen molar-refractivity contribution in [2.24, 2.45) is 0 Å². The van der Waals surface area contributed by atoms with Crippen molar-refractivity contribution in [3.8, 4) is 0 Å². The largest absolute Gasteiger partial charge is 0.400 e. The van der Waals surface area contributed by atoms with Gasteiger partial charge < -0.3 is 10.0 Å². The Bertz CT molecular complexity index is 1410. The van der Waals surface area contributed by atoms with Crippen molar-refractivity contribution < 1.29 is 5.11 Å². The molecule has 0 heterocycles. The molecule has 2 nitrogen and oxygen atoms in total. The summed E-state index contributed by atoms with van der Waals surface area (Å²) in [4.78, 5) is 2.38. The molecule has 0 amide bonds. The highest BCUT2D eigenvalue weighted by Crippen LogP contribution is 2.62. The molecule has 0 radical (unpaired) electrons. The Morgan fingerprint density at radius 3 is 0.672 bits per heavy atom. The zero-order valence-electron chi connectivity index (χ0n) is 48.6. The summed E-state index contributed by atoms with van der Waals surface area (Å²) in [6.07, 6.45) is 0. The molecule has 0 saturated heterocycles. The van der Waals surface area contributed by atoms with Gasteiger partial charge >= 0.3 is 0 Å². The van der Waals surface area contributed by atoms with E-state index in [1.54, 1.807) is 10.4 Å². The van der Waals surface area contributed by atoms with Gasteiger partial charge in [0.1, 0.15) is 0 Å². The first-order valence-electron chi connectivity index (χ1n) is 24.6. The van der Waals surface area contributed by atoms with Crippen molar-refractivity contribution in [2.45, 2.75) is 193 Å². The zero-order valence-corrected chi connectivity index (χ0v) is 59.6. The third-order valence-electron chi connectivity index (χ3n) is 9.74. The second-order valence-electron chi connectivity index (χ2n) is 22.8. The molecule has 64 heavy (non-hydrogen) atoms. The normalized spacial score (nSPS) is 12.0. The molecule has 0 aliphatic heterocycles. The highest BCUT2D eigenvalue weighted by molar-refractivity contribution is 8.39. The summed E-state index contributed by atoms with van der Waals surface area (Å²) in [7, 11) is -4.66. The molecule has 0 aliphatic carbocycles. The van der Waals surface area contributed by atoms with Gasteiger partial charge in [-0.05, 0) is 19.6 Å². The van der Waals surface area contributed by atoms with Crippen LogP contribution in [-0.2, 0) is 0 Å². The predicted octanol–water partition coefficient (Wildman–Crippen LogP) is 17.4. The van der Waals surface area contributed by atoms with Crippen molar-refractivity contribution in [1.29, 1.82) is 0 Å². The fourth-order valence-corrected chi connectivity index (χ4v) is 160. The average Bonchev–Trinajstić information content (AvgIpc) is 3.16. The molecule has 0 aliphatic rings. The first kappa shape index (κ1) is 73.6. The minimum absolute atomic E-state index is 0.0759. The molecule has 0 spiro atoms. The Hall–Kier alpha value is 0.605. The van der Waals surface area contributed by atoms with E-state index in [0.717, 1.165) is 7.11 Å². The van der Waals surface area contributed by atoms with E-state index in [2.05, 4.69) is 269 Å². The van der Waals surface area contributed by atoms with Crippen LogP contribution in [0.25, 0.3) is 0 Å². The summed E-state index contributed by atoms with van der Waals surface area (Å²) in [5.74, 6) is 0. The van der Waals surface area contributed by atoms with Crippen LogP contribution in [0.2, 0.25) is 144 Å². The molecule has 3 aromatic rings. The fraction of sp³-hybridized carbons (Fsp3) is 0.647. The summed E-state index contributed by atoms with van der Waals surface area (Å²) >= 11 is 0. The second kappa shape index (κ2) is 34.8. The van der Waals surface area contributed by atoms with Gasteiger partial charge in [-0.1, -0.05) is 299 Å². The molecule has 1 N–H and O–H groups in total. The quantitative estimate of drug-likeness (QED) is 0.144. The van der Waals surface area contributed by atoms with Crippen LogP contribution >= 0.6 is 21.9 Å². The molecular formula is C51H114NOP3Si8. The summed E-state index contributed by atoms with van der Waals surface area (Å²) in [5.41, 5.74) is 0. The van der Waals surface area contributed by atoms with Gasteiger partial charge in [0.15, 0.2) is 0 Å². The van der Waals surface area contributed by atoms with Crippen LogP contribution in [0.15, 0.2) is 91.0 Å². The number of rotatable bonds is 12. The molecule has 0 saturated carbocycles. The number of aliphatic hydroxyl groups is 1. The van der Waals surface area contributed by atoms with Gasteiger partial charge in [-0.3, -0.25) is 0 Å². The van der Waals surface area contributed by atoms with Crippen LogP contribution in [0.3, 0.4) is 0 Å². The van der Waals surface area contributed by atoms with E-state index >= 15 is 0 Å². The maximum absolute atomic E-state index is 7.00. The Morgan fingerprint density at radius 2 is 0.562 bits per heavy atom. The molecule has 376 valence electrons. The summed E-state index contributed by atoms with van der Waals surface area (Å²) in [5, 5.41) is 11.9. The second-order valence-corrected chi connectivity index (χ2v) is 103. The van der Waals surface area contributed by atoms with Gasteiger partial charge in [-0.2, -0.15) is 0 Å². The van der Waals surface area contributed by atoms with Gasteiger partial charge in [-0.25, -0.2) is 0 Å². The van der Waals surface area contributed by atoms with Gasteiger partial charge in [0.05, 0.1) is 62.3 Å². The van der Waals surface area contributed by atoms with Gasteiger partial charge in [0, 0.05) is 7.11 Å². The molecular weight excluding hydrogens is 960 g/mol. The molecule has 3 aromatic carbocycles. The molecule has 13 heteroatoms. The van der Waals surface area contributed by atoms with E-state index in [1.165, 1.54) is 24.8 Å². The highest BCUT2D eigenvalue weighted by atomic mass is 31.8. The van der Waals surface area contributed by atoms with Crippen LogP contribution in [-0.4, -0.2) is 99.0 Å². The SMILES string of the molecule is CC.CC.CCN(CC)CC.CO.C[Si](C)(C)P.C[Si](C)(C)P([Si](C)(C)C)[Si](C)(C)C.C[Si](C)(C)P([Si](C)(C)c1ccccc1)[Si](C)(C)c1ccccc1.C[Si](C)(C)c1ccccc1. The summed E-state index contributed by atoms with van der Waals surface area (Å²) in [6.45, 7) is 74.4. The average molecular weight is 1080 g/mol. The number of benzene rings is 3. The number of hydrogen-bond acceptors (Lipinski definition) is 2. The number of aliphatic hydroxyl groups excluding tert-OH is 1. The Balaban J connectivity index is -0.000000241. The Morgan fingerprint density at radius 1 is 0.375 bits per heavy atom. The first-order chi connectivity index (χ1) is 28.9. The monoisotopic (exact) mass is 1070 g/mol. The van der Waals surface area contributed by atoms with Crippen molar-refractivity contribution >= 4 is 99.7 Å². The van der Waals surface area contributed by atoms with Crippen LogP contribution in [0, 0.1) is 0 Å². The van der Waals surface area contributed by atoms with E-state index in [9.17, 15) is 0 Å². The smallest absolute Gasteiger partial charge is 0.0995 e. The molecule has 0 aromatic heterocycles. The lowest BCUT2D eigenvalue weighted by atomic mass is 10.4. The first-order valence-corrected chi connectivity index (χ1v) is 61.2. The zero-order chi connectivity index (χ0) is 52.2. The lowest BCUT2D eigenvalue weighted by molar-refractivity contribution is 0.321. The van der Waals surface area contributed by atoms with E-state index in [-0.39, 0.29) is 6.57 Å². The number of nitrogens with zero attached hydrogens (tertiary/aromatic N) is 1. The van der Waals surface area contributed by atoms with E-state index in [4.69, 9.17) is 5.11 Å². The maximum Gasteiger partial charge on any atom is 0.0995 e. The van der Waals surface area contributed by atoms with E-state index < -0.39 is 62.3 Å². The van der Waals surface area contributed by atoms with Crippen molar-refractivity contribution in [1.82, 2.24) is 4.90 Å². The topological polar surface area (TPSA) is 23.5 Å². The van der Waals surface area contributed by atoms with Gasteiger partial charge in [0.25, 0.3) is 0 Å². The molecule has 1 atom stereocenters. The minimum atomic E-state index is -1.47. The van der Waals surface area contributed by atoms with Crippen molar-refractivity contribution in [3.05, 3.63) is 91.0 Å². The summed E-state index contributed by atoms with van der Waals surface area (Å²) in [6, 6.07) is 33.6.